The summed E-state index contributed by atoms with van der Waals surface area (Å²) >= 11 is 0. The Bertz CT molecular complexity index is 451. The zero-order valence-corrected chi connectivity index (χ0v) is 15.3. The van der Waals surface area contributed by atoms with Crippen molar-refractivity contribution in [2.45, 2.75) is 59.6 Å². The molecule has 1 unspecified atom stereocenters. The van der Waals surface area contributed by atoms with Crippen LogP contribution >= 0.6 is 0 Å². The molecule has 0 aliphatic heterocycles. The smallest absolute Gasteiger partial charge is 0.272 e. The van der Waals surface area contributed by atoms with E-state index in [1.807, 2.05) is 34.6 Å². The third kappa shape index (κ3) is 6.09. The summed E-state index contributed by atoms with van der Waals surface area (Å²) in [5, 5.41) is 23.9. The van der Waals surface area contributed by atoms with Crippen LogP contribution in [0.4, 0.5) is 0 Å². The van der Waals surface area contributed by atoms with E-state index in [9.17, 15) is 19.5 Å². The lowest BCUT2D eigenvalue weighted by Crippen LogP contribution is -2.56. The number of rotatable bonds is 9. The van der Waals surface area contributed by atoms with E-state index < -0.39 is 35.3 Å². The Morgan fingerprint density at radius 1 is 1.08 bits per heavy atom. The lowest BCUT2D eigenvalue weighted by molar-refractivity contribution is -0.147. The van der Waals surface area contributed by atoms with Gasteiger partial charge in [-0.15, -0.1) is 0 Å². The summed E-state index contributed by atoms with van der Waals surface area (Å²) < 4.78 is 0. The van der Waals surface area contributed by atoms with Crippen LogP contribution in [-0.2, 0) is 14.4 Å². The average molecular weight is 345 g/mol. The van der Waals surface area contributed by atoms with E-state index >= 15 is 0 Å². The van der Waals surface area contributed by atoms with Crippen LogP contribution in [0.3, 0.4) is 0 Å². The van der Waals surface area contributed by atoms with Gasteiger partial charge in [0.2, 0.25) is 11.8 Å². The molecule has 0 rings (SSSR count). The number of aliphatic hydroxyl groups excluding tert-OH is 1. The van der Waals surface area contributed by atoms with Crippen LogP contribution in [0, 0.1) is 17.3 Å². The molecule has 3 atom stereocenters. The number of hydroxylamine groups is 1. The Morgan fingerprint density at radius 3 is 2.00 bits per heavy atom. The Morgan fingerprint density at radius 2 is 1.62 bits per heavy atom. The van der Waals surface area contributed by atoms with Gasteiger partial charge in [-0.2, -0.15) is 0 Å². The Hall–Kier alpha value is -1.67. The van der Waals surface area contributed by atoms with E-state index in [1.54, 1.807) is 0 Å². The summed E-state index contributed by atoms with van der Waals surface area (Å²) in [6.07, 6.45) is -0.833. The van der Waals surface area contributed by atoms with Crippen molar-refractivity contribution in [3.63, 3.8) is 0 Å². The lowest BCUT2D eigenvalue weighted by Gasteiger charge is -2.34. The fraction of sp³-hybridized carbons (Fsp3) is 0.812. The highest BCUT2D eigenvalue weighted by molar-refractivity contribution is 5.92. The van der Waals surface area contributed by atoms with E-state index in [2.05, 4.69) is 10.6 Å². The molecule has 0 bridgehead atoms. The molecule has 0 aliphatic rings. The van der Waals surface area contributed by atoms with Crippen LogP contribution in [0.1, 0.15) is 47.5 Å². The average Bonchev–Trinajstić information content (AvgIpc) is 2.54. The minimum absolute atomic E-state index is 0.0273. The molecule has 3 amide bonds. The Kier molecular flexibility index (Phi) is 8.92. The van der Waals surface area contributed by atoms with Crippen LogP contribution in [0.25, 0.3) is 0 Å². The number of hydrogen-bond acceptors (Lipinski definition) is 5. The zero-order chi connectivity index (χ0) is 19.1. The lowest BCUT2D eigenvalue weighted by atomic mass is 9.80. The molecule has 0 aromatic carbocycles. The molecular formula is C16H31N3O5. The maximum atomic E-state index is 12.6. The quantitative estimate of drug-likeness (QED) is 0.301. The fourth-order valence-corrected chi connectivity index (χ4v) is 2.35. The molecule has 8 heteroatoms. The third-order valence-electron chi connectivity index (χ3n) is 4.31. The van der Waals surface area contributed by atoms with Crippen molar-refractivity contribution in [3.05, 3.63) is 0 Å². The normalized spacial score (nSPS) is 15.4. The molecule has 140 valence electrons. The molecule has 24 heavy (non-hydrogen) atoms. The zero-order valence-electron chi connectivity index (χ0n) is 15.3. The van der Waals surface area contributed by atoms with Gasteiger partial charge in [-0.1, -0.05) is 34.6 Å². The molecule has 0 saturated carbocycles. The largest absolute Gasteiger partial charge is 0.382 e. The van der Waals surface area contributed by atoms with Gasteiger partial charge < -0.3 is 15.7 Å². The number of amides is 3. The van der Waals surface area contributed by atoms with Crippen molar-refractivity contribution in [2.24, 2.45) is 17.3 Å². The molecule has 8 nitrogen and oxygen atoms in total. The van der Waals surface area contributed by atoms with Crippen LogP contribution in [0.15, 0.2) is 0 Å². The second-order valence-electron chi connectivity index (χ2n) is 7.05. The van der Waals surface area contributed by atoms with Crippen LogP contribution in [0.5, 0.6) is 0 Å². The van der Waals surface area contributed by atoms with E-state index in [0.29, 0.717) is 6.42 Å². The minimum Gasteiger partial charge on any atom is -0.382 e. The molecule has 0 aliphatic carbocycles. The SMILES string of the molecule is CCC(C)(C)C(NC(=O)[C@H](CC(C)C)[C@H](O)C(=O)NO)C(=O)NC. The number of carbonyl (C=O) groups is 3. The van der Waals surface area contributed by atoms with Gasteiger partial charge in [0.15, 0.2) is 0 Å². The predicted octanol–water partition coefficient (Wildman–Crippen LogP) is 0.182. The predicted molar refractivity (Wildman–Crippen MR) is 89.0 cm³/mol. The number of nitrogens with one attached hydrogen (secondary N) is 3. The molecule has 0 aromatic heterocycles. The van der Waals surface area contributed by atoms with Gasteiger partial charge in [-0.3, -0.25) is 19.6 Å². The first-order chi connectivity index (χ1) is 11.0. The summed E-state index contributed by atoms with van der Waals surface area (Å²) in [6, 6.07) is -0.806. The second-order valence-corrected chi connectivity index (χ2v) is 7.05. The van der Waals surface area contributed by atoms with Crippen molar-refractivity contribution >= 4 is 17.7 Å². The van der Waals surface area contributed by atoms with Gasteiger partial charge in [-0.25, -0.2) is 5.48 Å². The van der Waals surface area contributed by atoms with E-state index in [-0.39, 0.29) is 18.2 Å². The minimum atomic E-state index is -1.70. The van der Waals surface area contributed by atoms with Crippen molar-refractivity contribution in [1.29, 1.82) is 0 Å². The molecule has 0 spiro atoms. The highest BCUT2D eigenvalue weighted by Crippen LogP contribution is 2.26. The summed E-state index contributed by atoms with van der Waals surface area (Å²) in [7, 11) is 1.48. The van der Waals surface area contributed by atoms with Crippen LogP contribution in [-0.4, -0.2) is 47.2 Å². The number of aliphatic hydroxyl groups is 1. The van der Waals surface area contributed by atoms with Crippen molar-refractivity contribution in [1.82, 2.24) is 16.1 Å². The number of hydrogen-bond donors (Lipinski definition) is 5. The van der Waals surface area contributed by atoms with Gasteiger partial charge in [0.25, 0.3) is 5.91 Å². The molecule has 0 heterocycles. The van der Waals surface area contributed by atoms with Gasteiger partial charge >= 0.3 is 0 Å². The van der Waals surface area contributed by atoms with E-state index in [4.69, 9.17) is 5.21 Å². The third-order valence-corrected chi connectivity index (χ3v) is 4.31. The Labute approximate surface area is 143 Å². The highest BCUT2D eigenvalue weighted by atomic mass is 16.5. The molecule has 0 saturated heterocycles. The highest BCUT2D eigenvalue weighted by Gasteiger charge is 2.39. The van der Waals surface area contributed by atoms with Crippen molar-refractivity contribution in [3.8, 4) is 0 Å². The fourth-order valence-electron chi connectivity index (χ4n) is 2.35. The van der Waals surface area contributed by atoms with E-state index in [0.717, 1.165) is 0 Å². The van der Waals surface area contributed by atoms with Gasteiger partial charge in [0, 0.05) is 7.05 Å². The van der Waals surface area contributed by atoms with Crippen molar-refractivity contribution < 1.29 is 24.7 Å². The first-order valence-electron chi connectivity index (χ1n) is 8.15. The monoisotopic (exact) mass is 345 g/mol. The van der Waals surface area contributed by atoms with E-state index in [1.165, 1.54) is 12.5 Å². The summed E-state index contributed by atoms with van der Waals surface area (Å²) in [5.41, 5.74) is 0.842. The second kappa shape index (κ2) is 9.58. The summed E-state index contributed by atoms with van der Waals surface area (Å²) in [6.45, 7) is 9.29. The molecular weight excluding hydrogens is 314 g/mol. The molecule has 0 radical (unpaired) electrons. The molecule has 5 N–H and O–H groups in total. The molecule has 0 fully saturated rings. The maximum absolute atomic E-state index is 12.6. The van der Waals surface area contributed by atoms with Gasteiger partial charge in [-0.05, 0) is 24.2 Å². The standard InChI is InChI=1S/C16H31N3O5/c1-7-16(4,5)12(15(23)17-6)18-13(21)10(8-9(2)3)11(20)14(22)19-24/h9-12,20,24H,7-8H2,1-6H3,(H,17,23)(H,18,21)(H,19,22)/t10-,11+,12?/m1/s1. The van der Waals surface area contributed by atoms with Gasteiger partial charge in [0.1, 0.15) is 12.1 Å². The molecule has 0 aromatic rings. The number of carbonyl (C=O) groups excluding carboxylic acids is 3. The Balaban J connectivity index is 5.45. The van der Waals surface area contributed by atoms with Crippen molar-refractivity contribution in [2.75, 3.05) is 7.05 Å². The topological polar surface area (TPSA) is 128 Å². The first-order valence-corrected chi connectivity index (χ1v) is 8.15. The maximum Gasteiger partial charge on any atom is 0.272 e. The van der Waals surface area contributed by atoms with Gasteiger partial charge in [0.05, 0.1) is 5.92 Å². The number of likely N-dealkylation sites (N-methyl/N-ethyl adjacent to an activating group) is 1. The van der Waals surface area contributed by atoms with Crippen LogP contribution < -0.4 is 16.1 Å². The summed E-state index contributed by atoms with van der Waals surface area (Å²) in [5.74, 6) is -3.05. The first kappa shape index (κ1) is 22.3. The summed E-state index contributed by atoms with van der Waals surface area (Å²) in [4.78, 5) is 36.3. The van der Waals surface area contributed by atoms with Crippen LogP contribution in [0.2, 0.25) is 0 Å².